The van der Waals surface area contributed by atoms with Crippen LogP contribution in [0.15, 0.2) is 36.8 Å². The number of rotatable bonds is 3. The molecule has 15 heavy (non-hydrogen) atoms. The molecule has 0 atom stereocenters. The first-order valence-corrected chi connectivity index (χ1v) is 4.69. The van der Waals surface area contributed by atoms with E-state index in [1.807, 2.05) is 6.92 Å². The molecular weight excluding hydrogens is 190 g/mol. The van der Waals surface area contributed by atoms with E-state index in [2.05, 4.69) is 9.97 Å². The van der Waals surface area contributed by atoms with Crippen molar-refractivity contribution in [2.75, 3.05) is 0 Å². The molecule has 0 saturated carbocycles. The van der Waals surface area contributed by atoms with Crippen LogP contribution in [0.1, 0.15) is 16.3 Å². The van der Waals surface area contributed by atoms with Crippen molar-refractivity contribution in [1.82, 2.24) is 14.5 Å². The van der Waals surface area contributed by atoms with Crippen LogP contribution in [0.25, 0.3) is 0 Å². The van der Waals surface area contributed by atoms with Gasteiger partial charge in [-0.15, -0.1) is 0 Å². The Hall–Kier alpha value is -1.97. The first kappa shape index (κ1) is 9.58. The van der Waals surface area contributed by atoms with E-state index >= 15 is 0 Å². The molecule has 76 valence electrons. The quantitative estimate of drug-likeness (QED) is 0.706. The molecule has 0 aliphatic carbocycles. The number of Topliss-reactive ketones (excluding diaryl/α,β-unsaturated/α-hetero) is 1. The van der Waals surface area contributed by atoms with Crippen LogP contribution < -0.4 is 0 Å². The van der Waals surface area contributed by atoms with Gasteiger partial charge in [0.15, 0.2) is 0 Å². The van der Waals surface area contributed by atoms with Crippen LogP contribution in [0.4, 0.5) is 0 Å². The number of hydrogen-bond acceptors (Lipinski definition) is 3. The molecule has 0 aliphatic rings. The van der Waals surface area contributed by atoms with E-state index in [4.69, 9.17) is 0 Å². The molecule has 0 radical (unpaired) electrons. The standard InChI is InChI=1S/C11H11N3O/c1-9-12-6-7-14(9)8-11(15)10-4-2-3-5-13-10/h2-7H,8H2,1H3. The van der Waals surface area contributed by atoms with Gasteiger partial charge >= 0.3 is 0 Å². The summed E-state index contributed by atoms with van der Waals surface area (Å²) in [5.74, 6) is 0.830. The highest BCUT2D eigenvalue weighted by Gasteiger charge is 2.08. The molecule has 4 nitrogen and oxygen atoms in total. The Morgan fingerprint density at radius 3 is 2.80 bits per heavy atom. The summed E-state index contributed by atoms with van der Waals surface area (Å²) >= 11 is 0. The van der Waals surface area contributed by atoms with Crippen LogP contribution in [0.3, 0.4) is 0 Å². The monoisotopic (exact) mass is 201 g/mol. The number of aryl methyl sites for hydroxylation is 1. The maximum atomic E-state index is 11.8. The van der Waals surface area contributed by atoms with Crippen molar-refractivity contribution >= 4 is 5.78 Å². The summed E-state index contributed by atoms with van der Waals surface area (Å²) in [5, 5.41) is 0. The lowest BCUT2D eigenvalue weighted by Gasteiger charge is -2.02. The SMILES string of the molecule is Cc1nccn1CC(=O)c1ccccn1. The number of imidazole rings is 1. The van der Waals surface area contributed by atoms with Gasteiger partial charge in [0.25, 0.3) is 0 Å². The topological polar surface area (TPSA) is 47.8 Å². The third kappa shape index (κ3) is 2.10. The Kier molecular flexibility index (Phi) is 2.58. The van der Waals surface area contributed by atoms with E-state index in [0.717, 1.165) is 5.82 Å². The molecule has 0 N–H and O–H groups in total. The molecule has 2 aromatic rings. The number of carbonyl (C=O) groups is 1. The van der Waals surface area contributed by atoms with E-state index in [1.54, 1.807) is 41.4 Å². The molecule has 2 rings (SSSR count). The van der Waals surface area contributed by atoms with E-state index in [9.17, 15) is 4.79 Å². The lowest BCUT2D eigenvalue weighted by Crippen LogP contribution is -2.12. The molecule has 0 fully saturated rings. The second-order valence-electron chi connectivity index (χ2n) is 3.24. The molecular formula is C11H11N3O. The number of pyridine rings is 1. The first-order chi connectivity index (χ1) is 7.27. The summed E-state index contributed by atoms with van der Waals surface area (Å²) < 4.78 is 1.80. The van der Waals surface area contributed by atoms with Gasteiger partial charge in [0.2, 0.25) is 5.78 Å². The molecule has 0 bridgehead atoms. The predicted octanol–water partition coefficient (Wildman–Crippen LogP) is 1.47. The zero-order chi connectivity index (χ0) is 10.7. The smallest absolute Gasteiger partial charge is 0.200 e. The normalized spacial score (nSPS) is 10.2. The van der Waals surface area contributed by atoms with E-state index in [1.165, 1.54) is 0 Å². The number of hydrogen-bond donors (Lipinski definition) is 0. The van der Waals surface area contributed by atoms with Crippen molar-refractivity contribution in [1.29, 1.82) is 0 Å². The largest absolute Gasteiger partial charge is 0.327 e. The zero-order valence-electron chi connectivity index (χ0n) is 8.42. The van der Waals surface area contributed by atoms with Gasteiger partial charge in [0.05, 0.1) is 6.54 Å². The summed E-state index contributed by atoms with van der Waals surface area (Å²) in [7, 11) is 0. The van der Waals surface area contributed by atoms with Gasteiger partial charge in [0, 0.05) is 18.6 Å². The molecule has 4 heteroatoms. The first-order valence-electron chi connectivity index (χ1n) is 4.69. The Morgan fingerprint density at radius 2 is 2.20 bits per heavy atom. The molecule has 0 amide bonds. The summed E-state index contributed by atoms with van der Waals surface area (Å²) in [5.41, 5.74) is 0.491. The van der Waals surface area contributed by atoms with Gasteiger partial charge in [-0.1, -0.05) is 6.07 Å². The lowest BCUT2D eigenvalue weighted by atomic mass is 10.2. The van der Waals surface area contributed by atoms with Gasteiger partial charge in [0.1, 0.15) is 11.5 Å². The Balaban J connectivity index is 2.15. The van der Waals surface area contributed by atoms with Gasteiger partial charge in [-0.3, -0.25) is 9.78 Å². The maximum Gasteiger partial charge on any atom is 0.200 e. The van der Waals surface area contributed by atoms with Crippen molar-refractivity contribution in [3.8, 4) is 0 Å². The van der Waals surface area contributed by atoms with Crippen LogP contribution in [-0.2, 0) is 6.54 Å². The Morgan fingerprint density at radius 1 is 1.33 bits per heavy atom. The average Bonchev–Trinajstić information content (AvgIpc) is 2.66. The van der Waals surface area contributed by atoms with Crippen molar-refractivity contribution in [3.05, 3.63) is 48.3 Å². The summed E-state index contributed by atoms with van der Waals surface area (Å²) in [6.07, 6.45) is 5.09. The fourth-order valence-corrected chi connectivity index (χ4v) is 1.33. The average molecular weight is 201 g/mol. The Labute approximate surface area is 87.6 Å². The fourth-order valence-electron chi connectivity index (χ4n) is 1.33. The minimum atomic E-state index is -0.00306. The molecule has 0 spiro atoms. The summed E-state index contributed by atoms with van der Waals surface area (Å²) in [6, 6.07) is 5.31. The summed E-state index contributed by atoms with van der Waals surface area (Å²) in [6.45, 7) is 2.16. The van der Waals surface area contributed by atoms with Crippen molar-refractivity contribution < 1.29 is 4.79 Å². The number of aromatic nitrogens is 3. The number of ketones is 1. The van der Waals surface area contributed by atoms with Crippen molar-refractivity contribution in [2.45, 2.75) is 13.5 Å². The highest BCUT2D eigenvalue weighted by molar-refractivity contribution is 5.93. The molecule has 0 saturated heterocycles. The molecule has 0 unspecified atom stereocenters. The van der Waals surface area contributed by atoms with E-state index < -0.39 is 0 Å². The van der Waals surface area contributed by atoms with Crippen LogP contribution in [0.2, 0.25) is 0 Å². The van der Waals surface area contributed by atoms with Crippen molar-refractivity contribution in [2.24, 2.45) is 0 Å². The minimum Gasteiger partial charge on any atom is -0.327 e. The van der Waals surface area contributed by atoms with Gasteiger partial charge in [-0.05, 0) is 19.1 Å². The second kappa shape index (κ2) is 4.04. The van der Waals surface area contributed by atoms with Crippen molar-refractivity contribution in [3.63, 3.8) is 0 Å². The predicted molar refractivity (Wildman–Crippen MR) is 55.5 cm³/mol. The zero-order valence-corrected chi connectivity index (χ0v) is 8.42. The number of nitrogens with zero attached hydrogens (tertiary/aromatic N) is 3. The third-order valence-corrected chi connectivity index (χ3v) is 2.19. The van der Waals surface area contributed by atoms with Crippen LogP contribution in [0, 0.1) is 6.92 Å². The highest BCUT2D eigenvalue weighted by Crippen LogP contribution is 2.01. The molecule has 2 heterocycles. The minimum absolute atomic E-state index is 0.00306. The maximum absolute atomic E-state index is 11.8. The van der Waals surface area contributed by atoms with Gasteiger partial charge < -0.3 is 4.57 Å². The van der Waals surface area contributed by atoms with Gasteiger partial charge in [-0.25, -0.2) is 4.98 Å². The molecule has 2 aromatic heterocycles. The molecule has 0 aliphatic heterocycles. The molecule has 0 aromatic carbocycles. The van der Waals surface area contributed by atoms with E-state index in [-0.39, 0.29) is 5.78 Å². The Bertz CT molecular complexity index is 462. The fraction of sp³-hybridized carbons (Fsp3) is 0.182. The lowest BCUT2D eigenvalue weighted by molar-refractivity contribution is 0.0966. The van der Waals surface area contributed by atoms with Crippen LogP contribution in [-0.4, -0.2) is 20.3 Å². The van der Waals surface area contributed by atoms with Gasteiger partial charge in [-0.2, -0.15) is 0 Å². The second-order valence-corrected chi connectivity index (χ2v) is 3.24. The van der Waals surface area contributed by atoms with Crippen LogP contribution >= 0.6 is 0 Å². The highest BCUT2D eigenvalue weighted by atomic mass is 16.1. The van der Waals surface area contributed by atoms with E-state index in [0.29, 0.717) is 12.2 Å². The van der Waals surface area contributed by atoms with Crippen LogP contribution in [0.5, 0.6) is 0 Å². The summed E-state index contributed by atoms with van der Waals surface area (Å²) in [4.78, 5) is 19.8. The number of carbonyl (C=O) groups excluding carboxylic acids is 1. The third-order valence-electron chi connectivity index (χ3n) is 2.19.